The maximum absolute atomic E-state index is 14.3. The zero-order valence-corrected chi connectivity index (χ0v) is 16.0. The molecule has 1 heterocycles. The number of hydrogen-bond acceptors (Lipinski definition) is 4. The van der Waals surface area contributed by atoms with Gasteiger partial charge in [0.1, 0.15) is 5.71 Å². The summed E-state index contributed by atoms with van der Waals surface area (Å²) in [7, 11) is 1.71. The summed E-state index contributed by atoms with van der Waals surface area (Å²) in [5, 5.41) is 3.31. The fraction of sp³-hybridized carbons (Fsp3) is 0.476. The second kappa shape index (κ2) is 7.52. The summed E-state index contributed by atoms with van der Waals surface area (Å²) in [6.45, 7) is 9.81. The molecular formula is C21H27FN4. The Labute approximate surface area is 155 Å². The van der Waals surface area contributed by atoms with Crippen LogP contribution < -0.4 is 5.32 Å². The monoisotopic (exact) mass is 354 g/mol. The van der Waals surface area contributed by atoms with E-state index in [1.54, 1.807) is 13.1 Å². The van der Waals surface area contributed by atoms with Gasteiger partial charge in [-0.05, 0) is 57.9 Å². The summed E-state index contributed by atoms with van der Waals surface area (Å²) in [4.78, 5) is 13.1. The van der Waals surface area contributed by atoms with Crippen LogP contribution in [0.2, 0.25) is 0 Å². The van der Waals surface area contributed by atoms with Crippen LogP contribution in [0.25, 0.3) is 0 Å². The molecule has 0 bridgehead atoms. The van der Waals surface area contributed by atoms with Crippen molar-refractivity contribution < 1.29 is 4.39 Å². The fourth-order valence-electron chi connectivity index (χ4n) is 3.72. The van der Waals surface area contributed by atoms with Gasteiger partial charge in [0, 0.05) is 18.7 Å². The molecule has 0 amide bonds. The van der Waals surface area contributed by atoms with Crippen molar-refractivity contribution in [2.24, 2.45) is 16.8 Å². The lowest BCUT2D eigenvalue weighted by Gasteiger charge is -2.16. The smallest absolute Gasteiger partial charge is 0.183 e. The minimum absolute atomic E-state index is 0.284. The van der Waals surface area contributed by atoms with Crippen LogP contribution >= 0.6 is 0 Å². The van der Waals surface area contributed by atoms with Gasteiger partial charge in [-0.25, -0.2) is 14.4 Å². The van der Waals surface area contributed by atoms with Crippen LogP contribution in [0.3, 0.4) is 0 Å². The third kappa shape index (κ3) is 3.76. The molecule has 2 fully saturated rings. The number of allylic oxidation sites excluding steroid dienone is 5. The lowest BCUT2D eigenvalue weighted by atomic mass is 10.0. The fourth-order valence-corrected chi connectivity index (χ4v) is 3.72. The maximum atomic E-state index is 14.3. The van der Waals surface area contributed by atoms with E-state index in [1.165, 1.54) is 19.0 Å². The average Bonchev–Trinajstić information content (AvgIpc) is 3.30. The Morgan fingerprint density at radius 3 is 2.65 bits per heavy atom. The molecule has 0 aliphatic heterocycles. The molecule has 138 valence electrons. The van der Waals surface area contributed by atoms with Crippen LogP contribution in [-0.4, -0.2) is 28.8 Å². The Morgan fingerprint density at radius 1 is 1.35 bits per heavy atom. The molecular weight excluding hydrogens is 327 g/mol. The van der Waals surface area contributed by atoms with Crippen molar-refractivity contribution in [1.82, 2.24) is 9.97 Å². The van der Waals surface area contributed by atoms with Gasteiger partial charge in [-0.3, -0.25) is 4.99 Å². The third-order valence-electron chi connectivity index (χ3n) is 5.33. The van der Waals surface area contributed by atoms with Gasteiger partial charge in [-0.1, -0.05) is 23.8 Å². The van der Waals surface area contributed by atoms with Crippen molar-refractivity contribution in [3.63, 3.8) is 0 Å². The zero-order chi connectivity index (χ0) is 18.8. The number of halogens is 1. The molecule has 0 radical (unpaired) electrons. The van der Waals surface area contributed by atoms with Crippen molar-refractivity contribution in [1.29, 1.82) is 0 Å². The molecule has 0 aromatic carbocycles. The summed E-state index contributed by atoms with van der Waals surface area (Å²) < 4.78 is 14.3. The Balaban J connectivity index is 1.92. The quantitative estimate of drug-likeness (QED) is 0.594. The molecule has 0 spiro atoms. The first-order chi connectivity index (χ1) is 12.4. The van der Waals surface area contributed by atoms with Gasteiger partial charge in [-0.15, -0.1) is 0 Å². The molecule has 1 aromatic rings. The molecule has 5 heteroatoms. The number of aromatic nitrogens is 2. The van der Waals surface area contributed by atoms with Gasteiger partial charge < -0.3 is 5.32 Å². The van der Waals surface area contributed by atoms with Gasteiger partial charge in [-0.2, -0.15) is 0 Å². The highest BCUT2D eigenvalue weighted by Crippen LogP contribution is 2.52. The van der Waals surface area contributed by atoms with Crippen LogP contribution in [0, 0.1) is 17.7 Å². The maximum Gasteiger partial charge on any atom is 0.183 e. The van der Waals surface area contributed by atoms with E-state index >= 15 is 0 Å². The van der Waals surface area contributed by atoms with Crippen molar-refractivity contribution in [2.75, 3.05) is 12.4 Å². The molecule has 4 nitrogen and oxygen atoms in total. The van der Waals surface area contributed by atoms with E-state index in [9.17, 15) is 4.39 Å². The molecule has 3 atom stereocenters. The lowest BCUT2D eigenvalue weighted by Crippen LogP contribution is -2.22. The summed E-state index contributed by atoms with van der Waals surface area (Å²) in [5.41, 5.74) is 3.70. The predicted octanol–water partition coefficient (Wildman–Crippen LogP) is 4.71. The topological polar surface area (TPSA) is 50.2 Å². The standard InChI is InChI=1S/C21H27FN4/c1-6-13(4)9-15(12(2)3)19(23-5)21-24-11-17(22)20(26-21)25-18-8-7-14-10-16(14)18/h6,9,11,14,16,18H,1,7-8,10H2,2-5H3,(H,24,25,26)/b13-9-,23-19+. The van der Waals surface area contributed by atoms with E-state index in [0.29, 0.717) is 23.5 Å². The van der Waals surface area contributed by atoms with Crippen LogP contribution in [0.15, 0.2) is 46.6 Å². The number of hydrogen-bond donors (Lipinski definition) is 1. The van der Waals surface area contributed by atoms with Gasteiger partial charge >= 0.3 is 0 Å². The van der Waals surface area contributed by atoms with Gasteiger partial charge in [0.25, 0.3) is 0 Å². The van der Waals surface area contributed by atoms with Crippen molar-refractivity contribution in [3.8, 4) is 0 Å². The van der Waals surface area contributed by atoms with Gasteiger partial charge in [0.2, 0.25) is 0 Å². The highest BCUT2D eigenvalue weighted by molar-refractivity contribution is 6.12. The first kappa shape index (κ1) is 18.5. The van der Waals surface area contributed by atoms with Crippen molar-refractivity contribution >= 4 is 11.5 Å². The van der Waals surface area contributed by atoms with E-state index in [2.05, 4.69) is 26.9 Å². The largest absolute Gasteiger partial charge is 0.364 e. The SMILES string of the molecule is C=C/C(C)=C\C(=C(C)C)/C(=N\C)c1ncc(F)c(NC2CCC3CC32)n1. The molecule has 2 aliphatic carbocycles. The number of fused-ring (bicyclic) bond motifs is 1. The highest BCUT2D eigenvalue weighted by atomic mass is 19.1. The van der Waals surface area contributed by atoms with Crippen LogP contribution in [-0.2, 0) is 0 Å². The third-order valence-corrected chi connectivity index (χ3v) is 5.33. The lowest BCUT2D eigenvalue weighted by molar-refractivity contribution is 0.598. The number of anilines is 1. The van der Waals surface area contributed by atoms with E-state index in [4.69, 9.17) is 0 Å². The highest BCUT2D eigenvalue weighted by Gasteiger charge is 2.48. The van der Waals surface area contributed by atoms with Crippen molar-refractivity contribution in [3.05, 3.63) is 53.3 Å². The normalized spacial score (nSPS) is 24.9. The number of rotatable bonds is 6. The Kier molecular flexibility index (Phi) is 5.35. The molecule has 26 heavy (non-hydrogen) atoms. The van der Waals surface area contributed by atoms with E-state index in [1.807, 2.05) is 26.8 Å². The van der Waals surface area contributed by atoms with Gasteiger partial charge in [0.05, 0.1) is 6.20 Å². The molecule has 3 rings (SSSR count). The van der Waals surface area contributed by atoms with Crippen LogP contribution in [0.1, 0.15) is 45.9 Å². The predicted molar refractivity (Wildman–Crippen MR) is 105 cm³/mol. The second-order valence-corrected chi connectivity index (χ2v) is 7.46. The van der Waals surface area contributed by atoms with E-state index < -0.39 is 5.82 Å². The zero-order valence-electron chi connectivity index (χ0n) is 16.0. The molecule has 2 aliphatic rings. The molecule has 1 aromatic heterocycles. The molecule has 2 saturated carbocycles. The summed E-state index contributed by atoms with van der Waals surface area (Å²) in [5.74, 6) is 1.81. The second-order valence-electron chi connectivity index (χ2n) is 7.46. The average molecular weight is 354 g/mol. The Hall–Kier alpha value is -2.30. The minimum atomic E-state index is -0.412. The first-order valence-corrected chi connectivity index (χ1v) is 9.19. The molecule has 3 unspecified atom stereocenters. The summed E-state index contributed by atoms with van der Waals surface area (Å²) in [6.07, 6.45) is 8.62. The summed E-state index contributed by atoms with van der Waals surface area (Å²) in [6, 6.07) is 0.324. The Bertz CT molecular complexity index is 802. The number of nitrogens with one attached hydrogen (secondary N) is 1. The Morgan fingerprint density at radius 2 is 2.12 bits per heavy atom. The van der Waals surface area contributed by atoms with Crippen LogP contribution in [0.5, 0.6) is 0 Å². The van der Waals surface area contributed by atoms with Crippen molar-refractivity contribution in [2.45, 2.75) is 46.1 Å². The number of aliphatic imine (C=N–C) groups is 1. The number of nitrogens with zero attached hydrogens (tertiary/aromatic N) is 3. The van der Waals surface area contributed by atoms with E-state index in [0.717, 1.165) is 29.1 Å². The summed E-state index contributed by atoms with van der Waals surface area (Å²) >= 11 is 0. The minimum Gasteiger partial charge on any atom is -0.364 e. The first-order valence-electron chi connectivity index (χ1n) is 9.19. The van der Waals surface area contributed by atoms with Gasteiger partial charge in [0.15, 0.2) is 17.5 Å². The molecule has 0 saturated heterocycles. The van der Waals surface area contributed by atoms with E-state index in [-0.39, 0.29) is 5.82 Å². The van der Waals surface area contributed by atoms with Crippen LogP contribution in [0.4, 0.5) is 10.2 Å². The molecule has 1 N–H and O–H groups in total.